The summed E-state index contributed by atoms with van der Waals surface area (Å²) in [5.74, 6) is 1.86. The first-order chi connectivity index (χ1) is 10.8. The Labute approximate surface area is 131 Å². The van der Waals surface area contributed by atoms with Crippen molar-refractivity contribution in [3.8, 4) is 0 Å². The Morgan fingerprint density at radius 3 is 2.91 bits per heavy atom. The van der Waals surface area contributed by atoms with Crippen LogP contribution in [0.3, 0.4) is 0 Å². The van der Waals surface area contributed by atoms with Crippen LogP contribution in [0.5, 0.6) is 0 Å². The molecule has 1 aromatic heterocycles. The van der Waals surface area contributed by atoms with Crippen LogP contribution in [-0.2, 0) is 13.0 Å². The van der Waals surface area contributed by atoms with Gasteiger partial charge >= 0.3 is 0 Å². The first kappa shape index (κ1) is 15.2. The molecule has 2 aromatic rings. The number of aromatic nitrogens is 2. The van der Waals surface area contributed by atoms with E-state index in [0.717, 1.165) is 13.0 Å². The van der Waals surface area contributed by atoms with Gasteiger partial charge < -0.3 is 9.63 Å². The number of likely N-dealkylation sites (tertiary alicyclic amines) is 1. The third kappa shape index (κ3) is 3.54. The van der Waals surface area contributed by atoms with Gasteiger partial charge in [-0.05, 0) is 30.9 Å². The molecule has 0 amide bonds. The van der Waals surface area contributed by atoms with Gasteiger partial charge in [0.1, 0.15) is 0 Å². The molecule has 118 valence electrons. The molecule has 3 rings (SSSR count). The molecule has 1 fully saturated rings. The van der Waals surface area contributed by atoms with E-state index in [1.54, 1.807) is 0 Å². The van der Waals surface area contributed by atoms with E-state index in [1.165, 1.54) is 12.0 Å². The fourth-order valence-electron chi connectivity index (χ4n) is 3.20. The molecule has 1 aliphatic heterocycles. The van der Waals surface area contributed by atoms with Gasteiger partial charge in [-0.3, -0.25) is 4.90 Å². The first-order valence-electron chi connectivity index (χ1n) is 7.96. The molecule has 1 aliphatic rings. The van der Waals surface area contributed by atoms with Crippen molar-refractivity contribution < 1.29 is 9.63 Å². The smallest absolute Gasteiger partial charge is 0.240 e. The van der Waals surface area contributed by atoms with Gasteiger partial charge in [0.25, 0.3) is 0 Å². The summed E-state index contributed by atoms with van der Waals surface area (Å²) in [7, 11) is 0. The second-order valence-electron chi connectivity index (χ2n) is 6.11. The Morgan fingerprint density at radius 1 is 1.32 bits per heavy atom. The van der Waals surface area contributed by atoms with Crippen molar-refractivity contribution in [2.24, 2.45) is 5.92 Å². The number of aliphatic hydroxyl groups is 1. The van der Waals surface area contributed by atoms with E-state index in [2.05, 4.69) is 34.1 Å². The molecule has 1 N–H and O–H groups in total. The standard InChI is InChI=1S/C17H23N3O2/c1-13-6-5-9-20(15(13)12-21)11-17-18-16(19-22-17)10-14-7-3-2-4-8-14/h2-4,7-8,13,15,21H,5-6,9-12H2,1H3. The minimum Gasteiger partial charge on any atom is -0.395 e. The lowest BCUT2D eigenvalue weighted by Crippen LogP contribution is -2.46. The topological polar surface area (TPSA) is 62.4 Å². The van der Waals surface area contributed by atoms with Gasteiger partial charge in [0.2, 0.25) is 5.89 Å². The second-order valence-corrected chi connectivity index (χ2v) is 6.11. The Kier molecular flexibility index (Phi) is 4.85. The lowest BCUT2D eigenvalue weighted by atomic mass is 9.91. The van der Waals surface area contributed by atoms with Crippen molar-refractivity contribution in [3.05, 3.63) is 47.6 Å². The molecule has 0 radical (unpaired) electrons. The van der Waals surface area contributed by atoms with Crippen molar-refractivity contribution in [2.45, 2.75) is 38.8 Å². The summed E-state index contributed by atoms with van der Waals surface area (Å²) in [4.78, 5) is 6.75. The molecule has 5 nitrogen and oxygen atoms in total. The maximum absolute atomic E-state index is 9.60. The number of piperidine rings is 1. The van der Waals surface area contributed by atoms with Crippen LogP contribution >= 0.6 is 0 Å². The van der Waals surface area contributed by atoms with Crippen molar-refractivity contribution in [1.29, 1.82) is 0 Å². The highest BCUT2D eigenvalue weighted by atomic mass is 16.5. The summed E-state index contributed by atoms with van der Waals surface area (Å²) >= 11 is 0. The Balaban J connectivity index is 1.64. The zero-order valence-electron chi connectivity index (χ0n) is 13.0. The largest absolute Gasteiger partial charge is 0.395 e. The zero-order chi connectivity index (χ0) is 15.4. The van der Waals surface area contributed by atoms with E-state index in [1.807, 2.05) is 18.2 Å². The van der Waals surface area contributed by atoms with Gasteiger partial charge in [-0.2, -0.15) is 4.98 Å². The summed E-state index contributed by atoms with van der Waals surface area (Å²) in [6.07, 6.45) is 3.01. The average Bonchev–Trinajstić information content (AvgIpc) is 2.96. The summed E-state index contributed by atoms with van der Waals surface area (Å²) in [6, 6.07) is 10.3. The van der Waals surface area contributed by atoms with Crippen LogP contribution in [0.1, 0.15) is 37.0 Å². The van der Waals surface area contributed by atoms with Crippen LogP contribution in [0, 0.1) is 5.92 Å². The number of hydrogen-bond acceptors (Lipinski definition) is 5. The van der Waals surface area contributed by atoms with Gasteiger partial charge in [-0.25, -0.2) is 0 Å². The van der Waals surface area contributed by atoms with Crippen LogP contribution in [0.25, 0.3) is 0 Å². The summed E-state index contributed by atoms with van der Waals surface area (Å²) < 4.78 is 5.38. The van der Waals surface area contributed by atoms with Crippen molar-refractivity contribution in [2.75, 3.05) is 13.2 Å². The quantitative estimate of drug-likeness (QED) is 0.918. The molecule has 2 atom stereocenters. The third-order valence-corrected chi connectivity index (χ3v) is 4.47. The van der Waals surface area contributed by atoms with E-state index >= 15 is 0 Å². The molecule has 22 heavy (non-hydrogen) atoms. The lowest BCUT2D eigenvalue weighted by molar-refractivity contribution is 0.0400. The first-order valence-corrected chi connectivity index (χ1v) is 7.96. The van der Waals surface area contributed by atoms with Crippen LogP contribution in [0.4, 0.5) is 0 Å². The number of nitrogens with zero attached hydrogens (tertiary/aromatic N) is 3. The number of benzene rings is 1. The highest BCUT2D eigenvalue weighted by Crippen LogP contribution is 2.24. The van der Waals surface area contributed by atoms with Gasteiger partial charge in [-0.15, -0.1) is 0 Å². The van der Waals surface area contributed by atoms with Gasteiger partial charge in [0.05, 0.1) is 13.2 Å². The highest BCUT2D eigenvalue weighted by molar-refractivity contribution is 5.18. The molecule has 1 saturated heterocycles. The fraction of sp³-hybridized carbons (Fsp3) is 0.529. The van der Waals surface area contributed by atoms with Crippen molar-refractivity contribution in [3.63, 3.8) is 0 Å². The minimum absolute atomic E-state index is 0.187. The van der Waals surface area contributed by atoms with Crippen LogP contribution < -0.4 is 0 Å². The van der Waals surface area contributed by atoms with Crippen LogP contribution in [0.15, 0.2) is 34.9 Å². The highest BCUT2D eigenvalue weighted by Gasteiger charge is 2.29. The van der Waals surface area contributed by atoms with Gasteiger partial charge in [0.15, 0.2) is 5.82 Å². The van der Waals surface area contributed by atoms with Gasteiger partial charge in [0, 0.05) is 12.5 Å². The Bertz CT molecular complexity index is 585. The molecule has 0 aliphatic carbocycles. The van der Waals surface area contributed by atoms with E-state index in [4.69, 9.17) is 4.52 Å². The second kappa shape index (κ2) is 7.03. The molecule has 0 bridgehead atoms. The molecule has 1 aromatic carbocycles. The molecule has 0 spiro atoms. The predicted octanol–water partition coefficient (Wildman–Crippen LogP) is 2.25. The van der Waals surface area contributed by atoms with Crippen LogP contribution in [0.2, 0.25) is 0 Å². The molecule has 2 unspecified atom stereocenters. The zero-order valence-corrected chi connectivity index (χ0v) is 13.0. The number of hydrogen-bond donors (Lipinski definition) is 1. The van der Waals surface area contributed by atoms with E-state index in [0.29, 0.717) is 30.6 Å². The average molecular weight is 301 g/mol. The Hall–Kier alpha value is -1.72. The lowest BCUT2D eigenvalue weighted by Gasteiger charge is -2.38. The maximum Gasteiger partial charge on any atom is 0.240 e. The van der Waals surface area contributed by atoms with E-state index < -0.39 is 0 Å². The summed E-state index contributed by atoms with van der Waals surface area (Å²) in [5.41, 5.74) is 1.18. The molecular formula is C17H23N3O2. The summed E-state index contributed by atoms with van der Waals surface area (Å²) in [5, 5.41) is 13.7. The SMILES string of the molecule is CC1CCCN(Cc2nc(Cc3ccccc3)no2)C1CO. The molecule has 0 saturated carbocycles. The van der Waals surface area contributed by atoms with Crippen molar-refractivity contribution >= 4 is 0 Å². The normalized spacial score (nSPS) is 22.8. The van der Waals surface area contributed by atoms with E-state index in [-0.39, 0.29) is 12.6 Å². The van der Waals surface area contributed by atoms with Gasteiger partial charge in [-0.1, -0.05) is 42.4 Å². The van der Waals surface area contributed by atoms with E-state index in [9.17, 15) is 5.11 Å². The fourth-order valence-corrected chi connectivity index (χ4v) is 3.20. The molecular weight excluding hydrogens is 278 g/mol. The predicted molar refractivity (Wildman–Crippen MR) is 83.2 cm³/mol. The molecule has 2 heterocycles. The monoisotopic (exact) mass is 301 g/mol. The summed E-state index contributed by atoms with van der Waals surface area (Å²) in [6.45, 7) is 3.98. The number of aliphatic hydroxyl groups excluding tert-OH is 1. The van der Waals surface area contributed by atoms with Crippen LogP contribution in [-0.4, -0.2) is 39.3 Å². The minimum atomic E-state index is 0.187. The molecule has 5 heteroatoms. The third-order valence-electron chi connectivity index (χ3n) is 4.47. The number of rotatable bonds is 5. The Morgan fingerprint density at radius 2 is 2.14 bits per heavy atom. The van der Waals surface area contributed by atoms with Crippen molar-refractivity contribution in [1.82, 2.24) is 15.0 Å². The maximum atomic E-state index is 9.60.